The van der Waals surface area contributed by atoms with Crippen molar-refractivity contribution in [2.24, 2.45) is 0 Å². The molecule has 1 fully saturated rings. The fourth-order valence-electron chi connectivity index (χ4n) is 2.33. The Morgan fingerprint density at radius 3 is 3.14 bits per heavy atom. The lowest BCUT2D eigenvalue weighted by atomic mass is 10.1. The molecular weight excluding hydrogens is 334 g/mol. The number of hydrogen-bond acceptors (Lipinski definition) is 3. The number of nitrogens with one attached hydrogen (secondary N) is 1. The molecule has 1 aromatic carbocycles. The Morgan fingerprint density at radius 2 is 2.43 bits per heavy atom. The molecule has 1 aromatic rings. The van der Waals surface area contributed by atoms with Crippen molar-refractivity contribution >= 4 is 21.8 Å². The van der Waals surface area contributed by atoms with Gasteiger partial charge in [-0.3, -0.25) is 4.79 Å². The van der Waals surface area contributed by atoms with Gasteiger partial charge in [0.05, 0.1) is 25.4 Å². The minimum absolute atomic E-state index is 0.00633. The van der Waals surface area contributed by atoms with Gasteiger partial charge in [-0.05, 0) is 37.5 Å². The monoisotopic (exact) mass is 355 g/mol. The normalized spacial score (nSPS) is 19.4. The molecule has 2 atom stereocenters. The van der Waals surface area contributed by atoms with Crippen molar-refractivity contribution in [2.45, 2.75) is 38.3 Å². The summed E-state index contributed by atoms with van der Waals surface area (Å²) in [6, 6.07) is 7.94. The SMILES string of the molecule is C[C@@H](NC(=O)CCOC[C@H]1CCCO1)c1cccc(Br)c1. The summed E-state index contributed by atoms with van der Waals surface area (Å²) in [7, 11) is 0. The Labute approximate surface area is 134 Å². The highest BCUT2D eigenvalue weighted by Crippen LogP contribution is 2.18. The van der Waals surface area contributed by atoms with Gasteiger partial charge in [0.1, 0.15) is 0 Å². The summed E-state index contributed by atoms with van der Waals surface area (Å²) in [5.74, 6) is 0.00909. The van der Waals surface area contributed by atoms with E-state index >= 15 is 0 Å². The van der Waals surface area contributed by atoms with Crippen molar-refractivity contribution in [2.75, 3.05) is 19.8 Å². The van der Waals surface area contributed by atoms with Gasteiger partial charge in [-0.25, -0.2) is 0 Å². The first-order valence-electron chi connectivity index (χ1n) is 7.39. The van der Waals surface area contributed by atoms with Crippen molar-refractivity contribution in [1.29, 1.82) is 0 Å². The van der Waals surface area contributed by atoms with E-state index in [1.165, 1.54) is 0 Å². The molecule has 1 heterocycles. The summed E-state index contributed by atoms with van der Waals surface area (Å²) in [6.45, 7) is 3.84. The zero-order valence-electron chi connectivity index (χ0n) is 12.3. The van der Waals surface area contributed by atoms with E-state index in [0.717, 1.165) is 29.5 Å². The third-order valence-corrected chi connectivity index (χ3v) is 4.02. The summed E-state index contributed by atoms with van der Waals surface area (Å²) < 4.78 is 12.0. The fourth-order valence-corrected chi connectivity index (χ4v) is 2.75. The molecule has 21 heavy (non-hydrogen) atoms. The summed E-state index contributed by atoms with van der Waals surface area (Å²) >= 11 is 3.44. The summed E-state index contributed by atoms with van der Waals surface area (Å²) in [5.41, 5.74) is 1.08. The van der Waals surface area contributed by atoms with Gasteiger partial charge in [0, 0.05) is 17.5 Å². The predicted molar refractivity (Wildman–Crippen MR) is 85.1 cm³/mol. The van der Waals surface area contributed by atoms with Gasteiger partial charge in [0.25, 0.3) is 0 Å². The summed E-state index contributed by atoms with van der Waals surface area (Å²) in [6.07, 6.45) is 2.77. The van der Waals surface area contributed by atoms with Gasteiger partial charge in [-0.1, -0.05) is 28.1 Å². The summed E-state index contributed by atoms with van der Waals surface area (Å²) in [5, 5.41) is 2.98. The zero-order valence-corrected chi connectivity index (χ0v) is 13.9. The second kappa shape index (κ2) is 8.51. The van der Waals surface area contributed by atoms with Crippen LogP contribution in [0.1, 0.15) is 37.8 Å². The molecule has 0 aromatic heterocycles. The minimum atomic E-state index is -0.00633. The van der Waals surface area contributed by atoms with Crippen molar-refractivity contribution in [3.8, 4) is 0 Å². The number of carbonyl (C=O) groups excluding carboxylic acids is 1. The molecule has 0 bridgehead atoms. The zero-order chi connectivity index (χ0) is 15.1. The quantitative estimate of drug-likeness (QED) is 0.764. The lowest BCUT2D eigenvalue weighted by Gasteiger charge is -2.15. The highest BCUT2D eigenvalue weighted by molar-refractivity contribution is 9.10. The molecule has 1 aliphatic rings. The van der Waals surface area contributed by atoms with Crippen LogP contribution in [0.25, 0.3) is 0 Å². The molecular formula is C16H22BrNO3. The van der Waals surface area contributed by atoms with Crippen LogP contribution in [0, 0.1) is 0 Å². The maximum atomic E-state index is 11.9. The van der Waals surface area contributed by atoms with E-state index in [9.17, 15) is 4.79 Å². The predicted octanol–water partition coefficient (Wildman–Crippen LogP) is 3.21. The van der Waals surface area contributed by atoms with Gasteiger partial charge in [0.15, 0.2) is 0 Å². The van der Waals surface area contributed by atoms with E-state index in [1.807, 2.05) is 31.2 Å². The van der Waals surface area contributed by atoms with Crippen molar-refractivity contribution < 1.29 is 14.3 Å². The summed E-state index contributed by atoms with van der Waals surface area (Å²) in [4.78, 5) is 11.9. The average molecular weight is 356 g/mol. The lowest BCUT2D eigenvalue weighted by molar-refractivity contribution is -0.123. The number of rotatable bonds is 7. The van der Waals surface area contributed by atoms with Crippen molar-refractivity contribution in [1.82, 2.24) is 5.32 Å². The highest BCUT2D eigenvalue weighted by Gasteiger charge is 2.15. The number of halogens is 1. The van der Waals surface area contributed by atoms with E-state index < -0.39 is 0 Å². The van der Waals surface area contributed by atoms with Crippen molar-refractivity contribution in [3.05, 3.63) is 34.3 Å². The molecule has 0 radical (unpaired) electrons. The molecule has 1 aliphatic heterocycles. The minimum Gasteiger partial charge on any atom is -0.378 e. The molecule has 0 spiro atoms. The van der Waals surface area contributed by atoms with Crippen LogP contribution in [0.2, 0.25) is 0 Å². The first-order chi connectivity index (χ1) is 10.1. The first kappa shape index (κ1) is 16.5. The molecule has 1 saturated heterocycles. The Morgan fingerprint density at radius 1 is 1.57 bits per heavy atom. The van der Waals surface area contributed by atoms with Crippen LogP contribution in [-0.2, 0) is 14.3 Å². The molecule has 0 aliphatic carbocycles. The average Bonchev–Trinajstić information content (AvgIpc) is 2.97. The lowest BCUT2D eigenvalue weighted by Crippen LogP contribution is -2.28. The van der Waals surface area contributed by atoms with Gasteiger partial charge in [0.2, 0.25) is 5.91 Å². The molecule has 2 rings (SSSR count). The van der Waals surface area contributed by atoms with Gasteiger partial charge >= 0.3 is 0 Å². The molecule has 4 nitrogen and oxygen atoms in total. The number of carbonyl (C=O) groups is 1. The van der Waals surface area contributed by atoms with E-state index in [4.69, 9.17) is 9.47 Å². The third kappa shape index (κ3) is 5.77. The van der Waals surface area contributed by atoms with Crippen molar-refractivity contribution in [3.63, 3.8) is 0 Å². The maximum absolute atomic E-state index is 11.9. The fraction of sp³-hybridized carbons (Fsp3) is 0.562. The van der Waals surface area contributed by atoms with Gasteiger partial charge < -0.3 is 14.8 Å². The van der Waals surface area contributed by atoms with E-state index in [2.05, 4.69) is 21.2 Å². The van der Waals surface area contributed by atoms with Gasteiger partial charge in [-0.2, -0.15) is 0 Å². The molecule has 0 saturated carbocycles. The highest BCUT2D eigenvalue weighted by atomic mass is 79.9. The van der Waals surface area contributed by atoms with E-state index in [0.29, 0.717) is 19.6 Å². The molecule has 1 N–H and O–H groups in total. The van der Waals surface area contributed by atoms with Crippen LogP contribution in [0.15, 0.2) is 28.7 Å². The molecule has 0 unspecified atom stereocenters. The maximum Gasteiger partial charge on any atom is 0.222 e. The first-order valence-corrected chi connectivity index (χ1v) is 8.18. The van der Waals surface area contributed by atoms with E-state index in [1.54, 1.807) is 0 Å². The second-order valence-corrected chi connectivity index (χ2v) is 6.22. The number of hydrogen-bond donors (Lipinski definition) is 1. The van der Waals surface area contributed by atoms with Gasteiger partial charge in [-0.15, -0.1) is 0 Å². The molecule has 1 amide bonds. The topological polar surface area (TPSA) is 47.6 Å². The van der Waals surface area contributed by atoms with Crippen LogP contribution in [-0.4, -0.2) is 31.8 Å². The number of ether oxygens (including phenoxy) is 2. The smallest absolute Gasteiger partial charge is 0.222 e. The number of amides is 1. The Hall–Kier alpha value is -0.910. The standard InChI is InChI=1S/C16H22BrNO3/c1-12(13-4-2-5-14(17)10-13)18-16(19)7-9-20-11-15-6-3-8-21-15/h2,4-5,10,12,15H,3,6-9,11H2,1H3,(H,18,19)/t12-,15-/m1/s1. The van der Waals surface area contributed by atoms with Crippen LogP contribution >= 0.6 is 15.9 Å². The third-order valence-electron chi connectivity index (χ3n) is 3.53. The Kier molecular flexibility index (Phi) is 6.67. The molecule has 116 valence electrons. The second-order valence-electron chi connectivity index (χ2n) is 5.30. The van der Waals surface area contributed by atoms with E-state index in [-0.39, 0.29) is 18.1 Å². The van der Waals surface area contributed by atoms with Crippen LogP contribution in [0.3, 0.4) is 0 Å². The molecule has 5 heteroatoms. The van der Waals surface area contributed by atoms with Crippen LogP contribution in [0.5, 0.6) is 0 Å². The largest absolute Gasteiger partial charge is 0.378 e. The number of benzene rings is 1. The van der Waals surface area contributed by atoms with Crippen LogP contribution < -0.4 is 5.32 Å². The van der Waals surface area contributed by atoms with Crippen LogP contribution in [0.4, 0.5) is 0 Å². The Bertz CT molecular complexity index is 461. The Balaban J connectivity index is 1.64.